The molecule has 0 saturated carbocycles. The van der Waals surface area contributed by atoms with E-state index in [-0.39, 0.29) is 11.8 Å². The largest absolute Gasteiger partial charge is 0.420 e. The minimum absolute atomic E-state index is 0.142. The van der Waals surface area contributed by atoms with E-state index >= 15 is 0 Å². The Kier molecular flexibility index (Phi) is 4.29. The zero-order valence-electron chi connectivity index (χ0n) is 15.0. The fraction of sp³-hybridized carbons (Fsp3) is 0.400. The Morgan fingerprint density at radius 2 is 2.04 bits per heavy atom. The van der Waals surface area contributed by atoms with Gasteiger partial charge < -0.3 is 15.4 Å². The molecular weight excluding hydrogens is 326 g/mol. The highest BCUT2D eigenvalue weighted by molar-refractivity contribution is 5.57. The Labute approximate surface area is 153 Å². The van der Waals surface area contributed by atoms with Gasteiger partial charge in [-0.15, -0.1) is 5.10 Å². The van der Waals surface area contributed by atoms with Crippen LogP contribution in [0.2, 0.25) is 0 Å². The van der Waals surface area contributed by atoms with E-state index in [0.29, 0.717) is 11.5 Å². The molecule has 1 fully saturated rings. The van der Waals surface area contributed by atoms with Crippen LogP contribution < -0.4 is 15.4 Å². The van der Waals surface area contributed by atoms with Gasteiger partial charge in [-0.1, -0.05) is 25.5 Å². The maximum absolute atomic E-state index is 9.70. The Morgan fingerprint density at radius 1 is 1.31 bits per heavy atom. The maximum atomic E-state index is 9.70. The quantitative estimate of drug-likeness (QED) is 0.884. The first-order valence-electron chi connectivity index (χ1n) is 9.22. The van der Waals surface area contributed by atoms with Gasteiger partial charge in [-0.3, -0.25) is 5.10 Å². The number of fused-ring (bicyclic) bond motifs is 1. The number of nitrogens with two attached hydrogens (primary N) is 1. The number of hydrogen-bond acceptors (Lipinski definition) is 5. The van der Waals surface area contributed by atoms with Crippen molar-refractivity contribution in [3.05, 3.63) is 52.5 Å². The third-order valence-electron chi connectivity index (χ3n) is 5.22. The highest BCUT2D eigenvalue weighted by atomic mass is 16.5. The summed E-state index contributed by atoms with van der Waals surface area (Å²) in [6.45, 7) is 4.34. The molecule has 4 rings (SSSR count). The molecule has 0 unspecified atom stereocenters. The normalized spacial score (nSPS) is 19.2. The predicted molar refractivity (Wildman–Crippen MR) is 99.8 cm³/mol. The predicted octanol–water partition coefficient (Wildman–Crippen LogP) is 3.18. The van der Waals surface area contributed by atoms with E-state index in [1.807, 2.05) is 0 Å². The van der Waals surface area contributed by atoms with Crippen molar-refractivity contribution in [1.29, 1.82) is 5.26 Å². The molecule has 0 amide bonds. The van der Waals surface area contributed by atoms with Crippen LogP contribution in [-0.4, -0.2) is 23.3 Å². The molecule has 0 aliphatic carbocycles. The summed E-state index contributed by atoms with van der Waals surface area (Å²) in [6, 6.07) is 10.7. The summed E-state index contributed by atoms with van der Waals surface area (Å²) in [5.41, 5.74) is 10.7. The van der Waals surface area contributed by atoms with E-state index in [2.05, 4.69) is 52.4 Å². The minimum Gasteiger partial charge on any atom is -0.420 e. The molecular formula is C20H23N5O. The molecule has 2 aliphatic rings. The van der Waals surface area contributed by atoms with Crippen molar-refractivity contribution in [1.82, 2.24) is 10.2 Å². The molecule has 134 valence electrons. The SMILES string of the molecule is CCCc1[nH]nc2c1[C@H](c1ccc(N3CCCC3)cc1)C(C#N)=C(N)O2. The average molecular weight is 349 g/mol. The number of ether oxygens (including phenoxy) is 1. The highest BCUT2D eigenvalue weighted by Crippen LogP contribution is 2.43. The fourth-order valence-corrected chi connectivity index (χ4v) is 3.94. The van der Waals surface area contributed by atoms with Crippen molar-refractivity contribution < 1.29 is 4.74 Å². The van der Waals surface area contributed by atoms with E-state index in [0.717, 1.165) is 42.8 Å². The van der Waals surface area contributed by atoms with Crippen molar-refractivity contribution in [3.63, 3.8) is 0 Å². The first kappa shape index (κ1) is 16.5. The number of nitrogens with one attached hydrogen (secondary N) is 1. The fourth-order valence-electron chi connectivity index (χ4n) is 3.94. The number of H-pyrrole nitrogens is 1. The molecule has 2 aromatic rings. The Balaban J connectivity index is 1.76. The molecule has 0 bridgehead atoms. The van der Waals surface area contributed by atoms with Gasteiger partial charge in [0.25, 0.3) is 0 Å². The van der Waals surface area contributed by atoms with Gasteiger partial charge in [0.05, 0.1) is 5.92 Å². The summed E-state index contributed by atoms with van der Waals surface area (Å²) >= 11 is 0. The summed E-state index contributed by atoms with van der Waals surface area (Å²) in [4.78, 5) is 2.40. The molecule has 6 nitrogen and oxygen atoms in total. The topological polar surface area (TPSA) is 91.0 Å². The summed E-state index contributed by atoms with van der Waals surface area (Å²) in [7, 11) is 0. The number of nitrogens with zero attached hydrogens (tertiary/aromatic N) is 3. The number of nitriles is 1. The van der Waals surface area contributed by atoms with E-state index < -0.39 is 0 Å². The lowest BCUT2D eigenvalue weighted by molar-refractivity contribution is 0.378. The second-order valence-electron chi connectivity index (χ2n) is 6.88. The molecule has 1 saturated heterocycles. The number of benzene rings is 1. The van der Waals surface area contributed by atoms with Gasteiger partial charge in [0.2, 0.25) is 11.8 Å². The molecule has 3 N–H and O–H groups in total. The zero-order chi connectivity index (χ0) is 18.1. The van der Waals surface area contributed by atoms with Gasteiger partial charge in [0.1, 0.15) is 11.6 Å². The summed E-state index contributed by atoms with van der Waals surface area (Å²) < 4.78 is 5.60. The van der Waals surface area contributed by atoms with Crippen LogP contribution in [0.5, 0.6) is 5.88 Å². The van der Waals surface area contributed by atoms with Crippen molar-refractivity contribution >= 4 is 5.69 Å². The third kappa shape index (κ3) is 2.70. The lowest BCUT2D eigenvalue weighted by Crippen LogP contribution is -2.21. The van der Waals surface area contributed by atoms with Crippen LogP contribution in [0.4, 0.5) is 5.69 Å². The lowest BCUT2D eigenvalue weighted by atomic mass is 9.83. The van der Waals surface area contributed by atoms with Crippen LogP contribution in [-0.2, 0) is 6.42 Å². The van der Waals surface area contributed by atoms with Crippen molar-refractivity contribution in [2.24, 2.45) is 5.73 Å². The van der Waals surface area contributed by atoms with Crippen molar-refractivity contribution in [2.75, 3.05) is 18.0 Å². The van der Waals surface area contributed by atoms with E-state index in [4.69, 9.17) is 10.5 Å². The maximum Gasteiger partial charge on any atom is 0.244 e. The van der Waals surface area contributed by atoms with Gasteiger partial charge in [0, 0.05) is 30.0 Å². The second kappa shape index (κ2) is 6.75. The van der Waals surface area contributed by atoms with E-state index in [1.165, 1.54) is 18.5 Å². The molecule has 6 heteroatoms. The van der Waals surface area contributed by atoms with E-state index in [1.54, 1.807) is 0 Å². The summed E-state index contributed by atoms with van der Waals surface area (Å²) in [5, 5.41) is 17.0. The molecule has 2 aliphatic heterocycles. The van der Waals surface area contributed by atoms with Gasteiger partial charge in [0.15, 0.2) is 0 Å². The Morgan fingerprint density at radius 3 is 2.69 bits per heavy atom. The molecule has 1 atom stereocenters. The van der Waals surface area contributed by atoms with Gasteiger partial charge in [-0.2, -0.15) is 5.26 Å². The number of aromatic amines is 1. The first-order chi connectivity index (χ1) is 12.7. The van der Waals surface area contributed by atoms with Gasteiger partial charge in [-0.05, 0) is 37.0 Å². The molecule has 3 heterocycles. The van der Waals surface area contributed by atoms with Crippen LogP contribution in [0.15, 0.2) is 35.7 Å². The van der Waals surface area contributed by atoms with Gasteiger partial charge >= 0.3 is 0 Å². The second-order valence-corrected chi connectivity index (χ2v) is 6.88. The lowest BCUT2D eigenvalue weighted by Gasteiger charge is -2.25. The zero-order valence-corrected chi connectivity index (χ0v) is 15.0. The Bertz CT molecular complexity index is 869. The number of aryl methyl sites for hydroxylation is 1. The molecule has 0 radical (unpaired) electrons. The Hall–Kier alpha value is -2.94. The third-order valence-corrected chi connectivity index (χ3v) is 5.22. The molecule has 0 spiro atoms. The number of anilines is 1. The minimum atomic E-state index is -0.239. The molecule has 26 heavy (non-hydrogen) atoms. The van der Waals surface area contributed by atoms with Crippen LogP contribution in [0.1, 0.15) is 48.9 Å². The van der Waals surface area contributed by atoms with Crippen LogP contribution in [0, 0.1) is 11.3 Å². The monoisotopic (exact) mass is 349 g/mol. The van der Waals surface area contributed by atoms with Crippen LogP contribution >= 0.6 is 0 Å². The first-order valence-corrected chi connectivity index (χ1v) is 9.22. The standard InChI is InChI=1S/C20H23N5O/c1-2-5-16-18-17(15(12-21)19(22)26-20(18)24-23-16)13-6-8-14(9-7-13)25-10-3-4-11-25/h6-9,17H,2-5,10-11,22H2,1H3,(H,23,24)/t17-/m1/s1. The highest BCUT2D eigenvalue weighted by Gasteiger charge is 2.34. The number of rotatable bonds is 4. The van der Waals surface area contributed by atoms with Crippen LogP contribution in [0.25, 0.3) is 0 Å². The summed E-state index contributed by atoms with van der Waals surface area (Å²) in [6.07, 6.45) is 4.33. The van der Waals surface area contributed by atoms with Gasteiger partial charge in [-0.25, -0.2) is 0 Å². The number of allylic oxidation sites excluding steroid dienone is 1. The number of aromatic nitrogens is 2. The average Bonchev–Trinajstić information content (AvgIpc) is 3.32. The van der Waals surface area contributed by atoms with Crippen molar-refractivity contribution in [2.45, 2.75) is 38.5 Å². The van der Waals surface area contributed by atoms with Crippen molar-refractivity contribution in [3.8, 4) is 11.9 Å². The molecule has 1 aromatic heterocycles. The number of hydrogen-bond donors (Lipinski definition) is 2. The summed E-state index contributed by atoms with van der Waals surface area (Å²) in [5.74, 6) is 0.387. The van der Waals surface area contributed by atoms with Crippen LogP contribution in [0.3, 0.4) is 0 Å². The molecule has 1 aromatic carbocycles. The van der Waals surface area contributed by atoms with E-state index in [9.17, 15) is 5.26 Å². The smallest absolute Gasteiger partial charge is 0.244 e.